The van der Waals surface area contributed by atoms with Gasteiger partial charge in [-0.15, -0.1) is 0 Å². The standard InChI is InChI=1S/C21H26N4O3/c1-5-15(3)23-20(26)21(27)25-22-13-16-10-8-12-18(28-4)19(16)24-17-11-7-6-9-14(17)2/h6-13,15,24H,5H2,1-4H3,(H,23,26)(H,25,27)/b22-13-/t15-/m1/s1. The quantitative estimate of drug-likeness (QED) is 0.390. The van der Waals surface area contributed by atoms with E-state index in [0.29, 0.717) is 17.0 Å². The molecule has 28 heavy (non-hydrogen) atoms. The summed E-state index contributed by atoms with van der Waals surface area (Å²) in [6, 6.07) is 13.3. The lowest BCUT2D eigenvalue weighted by Gasteiger charge is -2.15. The summed E-state index contributed by atoms with van der Waals surface area (Å²) < 4.78 is 5.44. The number of ether oxygens (including phenoxy) is 1. The first-order chi connectivity index (χ1) is 13.5. The number of para-hydroxylation sites is 2. The number of hydrogen-bond donors (Lipinski definition) is 3. The molecule has 0 saturated heterocycles. The summed E-state index contributed by atoms with van der Waals surface area (Å²) in [5.74, 6) is -0.892. The van der Waals surface area contributed by atoms with E-state index in [1.807, 2.05) is 63.2 Å². The number of carbonyl (C=O) groups is 2. The summed E-state index contributed by atoms with van der Waals surface area (Å²) in [6.45, 7) is 5.75. The van der Waals surface area contributed by atoms with Gasteiger partial charge in [-0.2, -0.15) is 5.10 Å². The SMILES string of the molecule is CC[C@@H](C)NC(=O)C(=O)N/N=C\c1cccc(OC)c1Nc1ccccc1C. The average Bonchev–Trinajstić information content (AvgIpc) is 2.70. The molecule has 0 aliphatic heterocycles. The maximum Gasteiger partial charge on any atom is 0.329 e. The fourth-order valence-electron chi connectivity index (χ4n) is 2.41. The zero-order valence-corrected chi connectivity index (χ0v) is 16.6. The number of hydrogen-bond acceptors (Lipinski definition) is 5. The van der Waals surface area contributed by atoms with Gasteiger partial charge in [-0.05, 0) is 38.0 Å². The van der Waals surface area contributed by atoms with Crippen LogP contribution in [0.5, 0.6) is 5.75 Å². The van der Waals surface area contributed by atoms with Gasteiger partial charge in [-0.3, -0.25) is 9.59 Å². The van der Waals surface area contributed by atoms with Gasteiger partial charge in [0.15, 0.2) is 0 Å². The highest BCUT2D eigenvalue weighted by atomic mass is 16.5. The first-order valence-electron chi connectivity index (χ1n) is 9.09. The smallest absolute Gasteiger partial charge is 0.329 e. The summed E-state index contributed by atoms with van der Waals surface area (Å²) >= 11 is 0. The molecule has 2 rings (SSSR count). The number of methoxy groups -OCH3 is 1. The molecule has 2 amide bonds. The Morgan fingerprint density at radius 3 is 2.57 bits per heavy atom. The van der Waals surface area contributed by atoms with Crippen molar-refractivity contribution in [3.05, 3.63) is 53.6 Å². The van der Waals surface area contributed by atoms with E-state index in [-0.39, 0.29) is 6.04 Å². The van der Waals surface area contributed by atoms with Crippen molar-refractivity contribution in [2.24, 2.45) is 5.10 Å². The summed E-state index contributed by atoms with van der Waals surface area (Å²) in [5, 5.41) is 9.85. The largest absolute Gasteiger partial charge is 0.495 e. The van der Waals surface area contributed by atoms with Crippen molar-refractivity contribution < 1.29 is 14.3 Å². The molecule has 0 radical (unpaired) electrons. The van der Waals surface area contributed by atoms with Crippen molar-refractivity contribution in [2.75, 3.05) is 12.4 Å². The van der Waals surface area contributed by atoms with Crippen LogP contribution in [0.4, 0.5) is 11.4 Å². The van der Waals surface area contributed by atoms with Crippen molar-refractivity contribution in [3.8, 4) is 5.75 Å². The van der Waals surface area contributed by atoms with Gasteiger partial charge in [0.25, 0.3) is 0 Å². The van der Waals surface area contributed by atoms with Crippen LogP contribution in [0, 0.1) is 6.92 Å². The van der Waals surface area contributed by atoms with Gasteiger partial charge >= 0.3 is 11.8 Å². The Hall–Kier alpha value is -3.35. The normalized spacial score (nSPS) is 11.7. The molecule has 0 heterocycles. The average molecular weight is 382 g/mol. The Morgan fingerprint density at radius 2 is 1.89 bits per heavy atom. The molecule has 0 aliphatic carbocycles. The van der Waals surface area contributed by atoms with E-state index in [1.165, 1.54) is 6.21 Å². The van der Waals surface area contributed by atoms with Gasteiger partial charge in [0, 0.05) is 17.3 Å². The molecule has 0 saturated carbocycles. The van der Waals surface area contributed by atoms with Crippen LogP contribution in [0.1, 0.15) is 31.4 Å². The Morgan fingerprint density at radius 1 is 1.14 bits per heavy atom. The number of aryl methyl sites for hydroxylation is 1. The molecule has 1 atom stereocenters. The lowest BCUT2D eigenvalue weighted by Crippen LogP contribution is -2.41. The van der Waals surface area contributed by atoms with E-state index in [9.17, 15) is 9.59 Å². The first-order valence-corrected chi connectivity index (χ1v) is 9.09. The number of nitrogens with one attached hydrogen (secondary N) is 3. The Bertz CT molecular complexity index is 864. The van der Waals surface area contributed by atoms with E-state index < -0.39 is 11.8 Å². The van der Waals surface area contributed by atoms with Gasteiger partial charge in [-0.25, -0.2) is 5.43 Å². The zero-order chi connectivity index (χ0) is 20.5. The predicted molar refractivity (Wildman–Crippen MR) is 111 cm³/mol. The molecule has 0 aliphatic rings. The highest BCUT2D eigenvalue weighted by Gasteiger charge is 2.14. The van der Waals surface area contributed by atoms with Gasteiger partial charge < -0.3 is 15.4 Å². The maximum absolute atomic E-state index is 11.9. The van der Waals surface area contributed by atoms with Gasteiger partial charge in [0.05, 0.1) is 19.0 Å². The lowest BCUT2D eigenvalue weighted by molar-refractivity contribution is -0.139. The minimum atomic E-state index is -0.812. The van der Waals surface area contributed by atoms with Crippen LogP contribution in [-0.2, 0) is 9.59 Å². The molecule has 2 aromatic rings. The Kier molecular flexibility index (Phi) is 7.56. The van der Waals surface area contributed by atoms with E-state index in [2.05, 4.69) is 21.2 Å². The molecular weight excluding hydrogens is 356 g/mol. The van der Waals surface area contributed by atoms with Crippen LogP contribution in [0.15, 0.2) is 47.6 Å². The third-order valence-electron chi connectivity index (χ3n) is 4.25. The van der Waals surface area contributed by atoms with E-state index in [4.69, 9.17) is 4.74 Å². The van der Waals surface area contributed by atoms with Gasteiger partial charge in [-0.1, -0.05) is 37.3 Å². The summed E-state index contributed by atoms with van der Waals surface area (Å²) in [6.07, 6.45) is 2.21. The van der Waals surface area contributed by atoms with Crippen molar-refractivity contribution in [2.45, 2.75) is 33.2 Å². The number of hydrazone groups is 1. The minimum Gasteiger partial charge on any atom is -0.495 e. The highest BCUT2D eigenvalue weighted by Crippen LogP contribution is 2.31. The van der Waals surface area contributed by atoms with E-state index in [0.717, 1.165) is 17.7 Å². The zero-order valence-electron chi connectivity index (χ0n) is 16.6. The summed E-state index contributed by atoms with van der Waals surface area (Å²) in [4.78, 5) is 23.6. The predicted octanol–water partition coefficient (Wildman–Crippen LogP) is 3.11. The van der Waals surface area contributed by atoms with E-state index in [1.54, 1.807) is 7.11 Å². The van der Waals surface area contributed by atoms with Crippen LogP contribution in [0.25, 0.3) is 0 Å². The number of amides is 2. The third-order valence-corrected chi connectivity index (χ3v) is 4.25. The second-order valence-electron chi connectivity index (χ2n) is 6.35. The molecule has 148 valence electrons. The second kappa shape index (κ2) is 10.1. The monoisotopic (exact) mass is 382 g/mol. The maximum atomic E-state index is 11.9. The molecule has 0 fully saturated rings. The molecule has 2 aromatic carbocycles. The van der Waals surface area contributed by atoms with Crippen LogP contribution in [0.2, 0.25) is 0 Å². The molecule has 7 heteroatoms. The summed E-state index contributed by atoms with van der Waals surface area (Å²) in [7, 11) is 1.58. The fraction of sp³-hybridized carbons (Fsp3) is 0.286. The molecule has 7 nitrogen and oxygen atoms in total. The topological polar surface area (TPSA) is 91.8 Å². The van der Waals surface area contributed by atoms with Crippen LogP contribution < -0.4 is 20.8 Å². The molecule has 0 bridgehead atoms. The first kappa shape index (κ1) is 21.0. The third kappa shape index (κ3) is 5.57. The number of carbonyl (C=O) groups excluding carboxylic acids is 2. The van der Waals surface area contributed by atoms with Crippen LogP contribution >= 0.6 is 0 Å². The number of nitrogens with zero attached hydrogens (tertiary/aromatic N) is 1. The number of anilines is 2. The van der Waals surface area contributed by atoms with E-state index >= 15 is 0 Å². The minimum absolute atomic E-state index is 0.0782. The second-order valence-corrected chi connectivity index (χ2v) is 6.35. The van der Waals surface area contributed by atoms with Crippen molar-refractivity contribution >= 4 is 29.4 Å². The summed E-state index contributed by atoms with van der Waals surface area (Å²) in [5.41, 5.74) is 5.66. The fourth-order valence-corrected chi connectivity index (χ4v) is 2.41. The van der Waals surface area contributed by atoms with Crippen molar-refractivity contribution in [3.63, 3.8) is 0 Å². The molecule has 3 N–H and O–H groups in total. The Balaban J connectivity index is 2.17. The lowest BCUT2D eigenvalue weighted by atomic mass is 10.1. The Labute approximate surface area is 165 Å². The number of rotatable bonds is 7. The molecule has 0 spiro atoms. The molecular formula is C21H26N4O3. The van der Waals surface area contributed by atoms with Gasteiger partial charge in [0.2, 0.25) is 0 Å². The van der Waals surface area contributed by atoms with Crippen molar-refractivity contribution in [1.82, 2.24) is 10.7 Å². The van der Waals surface area contributed by atoms with Crippen LogP contribution in [-0.4, -0.2) is 31.2 Å². The van der Waals surface area contributed by atoms with Crippen LogP contribution in [0.3, 0.4) is 0 Å². The van der Waals surface area contributed by atoms with Crippen molar-refractivity contribution in [1.29, 1.82) is 0 Å². The number of benzene rings is 2. The highest BCUT2D eigenvalue weighted by molar-refractivity contribution is 6.35. The molecule has 0 aromatic heterocycles. The van der Waals surface area contributed by atoms with Gasteiger partial charge in [0.1, 0.15) is 5.75 Å². The molecule has 0 unspecified atom stereocenters.